The van der Waals surface area contributed by atoms with Gasteiger partial charge in [0.2, 0.25) is 0 Å². The van der Waals surface area contributed by atoms with Gasteiger partial charge in [0.05, 0.1) is 5.69 Å². The molecule has 0 spiro atoms. The van der Waals surface area contributed by atoms with Gasteiger partial charge in [-0.25, -0.2) is 0 Å². The summed E-state index contributed by atoms with van der Waals surface area (Å²) in [5.74, 6) is 0.308. The van der Waals surface area contributed by atoms with Gasteiger partial charge in [-0.1, -0.05) is 19.9 Å². The van der Waals surface area contributed by atoms with Crippen molar-refractivity contribution in [2.75, 3.05) is 18.1 Å². The van der Waals surface area contributed by atoms with Crippen LogP contribution >= 0.6 is 0 Å². The van der Waals surface area contributed by atoms with Crippen LogP contribution < -0.4 is 15.4 Å². The van der Waals surface area contributed by atoms with E-state index in [0.717, 1.165) is 0 Å². The zero-order valence-electron chi connectivity index (χ0n) is 11.8. The molecule has 1 aliphatic rings. The van der Waals surface area contributed by atoms with Crippen LogP contribution in [0.3, 0.4) is 0 Å². The molecule has 1 unspecified atom stereocenters. The average molecular weight is 302 g/mol. The van der Waals surface area contributed by atoms with Crippen molar-refractivity contribution in [1.29, 1.82) is 0 Å². The van der Waals surface area contributed by atoms with Gasteiger partial charge in [-0.2, -0.15) is 13.2 Å². The summed E-state index contributed by atoms with van der Waals surface area (Å²) in [7, 11) is 0. The molecule has 1 atom stereocenters. The third-order valence-electron chi connectivity index (χ3n) is 3.19. The summed E-state index contributed by atoms with van der Waals surface area (Å²) in [6.45, 7) is 4.16. The molecule has 1 aliphatic heterocycles. The van der Waals surface area contributed by atoms with Crippen LogP contribution in [0.5, 0.6) is 5.75 Å². The van der Waals surface area contributed by atoms with Crippen LogP contribution in [0.15, 0.2) is 18.2 Å². The van der Waals surface area contributed by atoms with Gasteiger partial charge in [-0.15, -0.1) is 0 Å². The minimum atomic E-state index is -4.53. The summed E-state index contributed by atoms with van der Waals surface area (Å²) in [4.78, 5) is 13.4. The molecule has 0 radical (unpaired) electrons. The van der Waals surface area contributed by atoms with Gasteiger partial charge in [0.15, 0.2) is 6.61 Å². The molecule has 1 aromatic rings. The van der Waals surface area contributed by atoms with Crippen molar-refractivity contribution in [2.45, 2.75) is 26.1 Å². The van der Waals surface area contributed by atoms with Gasteiger partial charge in [-0.05, 0) is 23.6 Å². The smallest absolute Gasteiger partial charge is 0.407 e. The maximum atomic E-state index is 12.7. The minimum absolute atomic E-state index is 0.0895. The number of benzene rings is 1. The fraction of sp³-hybridized carbons (Fsp3) is 0.500. The molecule has 21 heavy (non-hydrogen) atoms. The normalized spacial score (nSPS) is 16.7. The van der Waals surface area contributed by atoms with Crippen molar-refractivity contribution in [2.24, 2.45) is 11.7 Å². The van der Waals surface area contributed by atoms with Crippen molar-refractivity contribution in [3.8, 4) is 5.75 Å². The third kappa shape index (κ3) is 3.29. The quantitative estimate of drug-likeness (QED) is 0.934. The Morgan fingerprint density at radius 2 is 2.05 bits per heavy atom. The van der Waals surface area contributed by atoms with E-state index in [1.165, 1.54) is 23.1 Å². The van der Waals surface area contributed by atoms with E-state index in [0.29, 0.717) is 18.0 Å². The topological polar surface area (TPSA) is 55.6 Å². The standard InChI is InChI=1S/C14H17F3N2O2/c1-8(2)6-19-10-5-9(13(18)14(15,16)17)3-4-11(10)21-7-12(19)20/h3-5,8,13H,6-7,18H2,1-2H3. The second-order valence-corrected chi connectivity index (χ2v) is 5.43. The van der Waals surface area contributed by atoms with Gasteiger partial charge in [0, 0.05) is 6.54 Å². The van der Waals surface area contributed by atoms with Crippen LogP contribution in [-0.2, 0) is 4.79 Å². The lowest BCUT2D eigenvalue weighted by molar-refractivity contribution is -0.149. The monoisotopic (exact) mass is 302 g/mol. The number of hydrogen-bond acceptors (Lipinski definition) is 3. The van der Waals surface area contributed by atoms with Crippen LogP contribution in [0.25, 0.3) is 0 Å². The van der Waals surface area contributed by atoms with Gasteiger partial charge in [-0.3, -0.25) is 4.79 Å². The third-order valence-corrected chi connectivity index (χ3v) is 3.19. The molecule has 4 nitrogen and oxygen atoms in total. The number of nitrogens with two attached hydrogens (primary N) is 1. The molecule has 0 aliphatic carbocycles. The first-order valence-corrected chi connectivity index (χ1v) is 6.59. The highest BCUT2D eigenvalue weighted by atomic mass is 19.4. The number of halogens is 3. The highest BCUT2D eigenvalue weighted by Gasteiger charge is 2.38. The van der Waals surface area contributed by atoms with E-state index >= 15 is 0 Å². The molecule has 0 bridgehead atoms. The van der Waals surface area contributed by atoms with E-state index in [4.69, 9.17) is 10.5 Å². The van der Waals surface area contributed by atoms with Crippen molar-refractivity contribution in [1.82, 2.24) is 0 Å². The molecule has 116 valence electrons. The van der Waals surface area contributed by atoms with Crippen LogP contribution in [0.2, 0.25) is 0 Å². The second kappa shape index (κ2) is 5.55. The number of carbonyl (C=O) groups excluding carboxylic acids is 1. The molecule has 0 saturated heterocycles. The van der Waals surface area contributed by atoms with Crippen molar-refractivity contribution < 1.29 is 22.7 Å². The zero-order valence-corrected chi connectivity index (χ0v) is 11.8. The second-order valence-electron chi connectivity index (χ2n) is 5.43. The van der Waals surface area contributed by atoms with Crippen LogP contribution in [0, 0.1) is 5.92 Å². The molecule has 0 saturated carbocycles. The lowest BCUT2D eigenvalue weighted by Crippen LogP contribution is -2.41. The maximum Gasteiger partial charge on any atom is 0.407 e. The fourth-order valence-corrected chi connectivity index (χ4v) is 2.17. The average Bonchev–Trinajstić information content (AvgIpc) is 2.39. The Hall–Kier alpha value is -1.76. The summed E-state index contributed by atoms with van der Waals surface area (Å²) in [6, 6.07) is 1.91. The largest absolute Gasteiger partial charge is 0.482 e. The lowest BCUT2D eigenvalue weighted by Gasteiger charge is -2.31. The molecular weight excluding hydrogens is 285 g/mol. The molecule has 1 aromatic carbocycles. The van der Waals surface area contributed by atoms with E-state index in [9.17, 15) is 18.0 Å². The number of carbonyl (C=O) groups is 1. The number of nitrogens with zero attached hydrogens (tertiary/aromatic N) is 1. The number of fused-ring (bicyclic) bond motifs is 1. The molecule has 0 fully saturated rings. The molecule has 2 N–H and O–H groups in total. The predicted molar refractivity (Wildman–Crippen MR) is 72.1 cm³/mol. The first kappa shape index (κ1) is 15.6. The Morgan fingerprint density at radius 3 is 2.62 bits per heavy atom. The Labute approximate surface area is 120 Å². The van der Waals surface area contributed by atoms with E-state index in [2.05, 4.69) is 0 Å². The van der Waals surface area contributed by atoms with Crippen LogP contribution in [-0.4, -0.2) is 25.2 Å². The lowest BCUT2D eigenvalue weighted by atomic mass is 10.0. The van der Waals surface area contributed by atoms with Crippen molar-refractivity contribution in [3.05, 3.63) is 23.8 Å². The number of ether oxygens (including phenoxy) is 1. The summed E-state index contributed by atoms with van der Waals surface area (Å²) in [5.41, 5.74) is 5.47. The van der Waals surface area contributed by atoms with Gasteiger partial charge < -0.3 is 15.4 Å². The van der Waals surface area contributed by atoms with Crippen molar-refractivity contribution >= 4 is 11.6 Å². The summed E-state index contributed by atoms with van der Waals surface area (Å²) < 4.78 is 43.4. The van der Waals surface area contributed by atoms with Crippen LogP contribution in [0.4, 0.5) is 18.9 Å². The number of hydrogen-bond donors (Lipinski definition) is 1. The Bertz CT molecular complexity index is 544. The molecule has 0 aromatic heterocycles. The highest BCUT2D eigenvalue weighted by Crippen LogP contribution is 2.38. The molecule has 2 rings (SSSR count). The Kier molecular flexibility index (Phi) is 4.13. The maximum absolute atomic E-state index is 12.7. The minimum Gasteiger partial charge on any atom is -0.482 e. The van der Waals surface area contributed by atoms with Gasteiger partial charge >= 0.3 is 6.18 Å². The number of anilines is 1. The Morgan fingerprint density at radius 1 is 1.38 bits per heavy atom. The van der Waals surface area contributed by atoms with Crippen LogP contribution in [0.1, 0.15) is 25.5 Å². The van der Waals surface area contributed by atoms with Gasteiger partial charge in [0.25, 0.3) is 5.91 Å². The number of alkyl halides is 3. The summed E-state index contributed by atoms with van der Waals surface area (Å²) >= 11 is 0. The predicted octanol–water partition coefficient (Wildman–Crippen LogP) is 2.63. The first-order valence-electron chi connectivity index (χ1n) is 6.59. The van der Waals surface area contributed by atoms with Crippen molar-refractivity contribution in [3.63, 3.8) is 0 Å². The zero-order chi connectivity index (χ0) is 15.8. The van der Waals surface area contributed by atoms with Gasteiger partial charge in [0.1, 0.15) is 11.8 Å². The van der Waals surface area contributed by atoms with E-state index in [1.807, 2.05) is 13.8 Å². The molecule has 1 heterocycles. The number of amides is 1. The fourth-order valence-electron chi connectivity index (χ4n) is 2.17. The summed E-state index contributed by atoms with van der Waals surface area (Å²) in [5, 5.41) is 0. The Balaban J connectivity index is 2.40. The highest BCUT2D eigenvalue weighted by molar-refractivity contribution is 5.97. The SMILES string of the molecule is CC(C)CN1C(=O)COc2ccc(C(N)C(F)(F)F)cc21. The molecule has 1 amide bonds. The summed E-state index contributed by atoms with van der Waals surface area (Å²) in [6.07, 6.45) is -4.53. The van der Waals surface area contributed by atoms with E-state index in [1.54, 1.807) is 0 Å². The van der Waals surface area contributed by atoms with E-state index in [-0.39, 0.29) is 24.0 Å². The molecule has 7 heteroatoms. The molecular formula is C14H17F3N2O2. The first-order chi connectivity index (χ1) is 9.70. The number of rotatable bonds is 3. The van der Waals surface area contributed by atoms with E-state index < -0.39 is 12.2 Å².